The van der Waals surface area contributed by atoms with Crippen LogP contribution >= 0.6 is 0 Å². The van der Waals surface area contributed by atoms with E-state index >= 15 is 0 Å². The molecule has 0 radical (unpaired) electrons. The Kier molecular flexibility index (Phi) is 2.26. The maximum Gasteiger partial charge on any atom is 0.0840 e. The van der Waals surface area contributed by atoms with Gasteiger partial charge in [0.25, 0.3) is 0 Å². The fourth-order valence-electron chi connectivity index (χ4n) is 3.63. The molecule has 3 heteroatoms. The van der Waals surface area contributed by atoms with E-state index in [0.29, 0.717) is 25.1 Å². The summed E-state index contributed by atoms with van der Waals surface area (Å²) in [4.78, 5) is 4.17. The van der Waals surface area contributed by atoms with Gasteiger partial charge in [0.1, 0.15) is 0 Å². The van der Waals surface area contributed by atoms with Gasteiger partial charge in [-0.3, -0.25) is 4.98 Å². The molecule has 19 heavy (non-hydrogen) atoms. The molecule has 1 atom stereocenters. The number of nitriles is 1. The van der Waals surface area contributed by atoms with Crippen LogP contribution in [0.2, 0.25) is 0 Å². The van der Waals surface area contributed by atoms with Crippen LogP contribution in [0.25, 0.3) is 0 Å². The van der Waals surface area contributed by atoms with Crippen LogP contribution in [-0.4, -0.2) is 17.2 Å². The first-order chi connectivity index (χ1) is 10.9. The van der Waals surface area contributed by atoms with E-state index in [1.54, 1.807) is 0 Å². The lowest BCUT2D eigenvalue weighted by Gasteiger charge is -2.45. The maximum atomic E-state index is 9.35. The lowest BCUT2D eigenvalue weighted by Crippen LogP contribution is -2.46. The van der Waals surface area contributed by atoms with Crippen molar-refractivity contribution in [2.24, 2.45) is 0 Å². The van der Waals surface area contributed by atoms with Crippen molar-refractivity contribution in [2.45, 2.75) is 56.0 Å². The molecule has 0 aromatic carbocycles. The minimum atomic E-state index is -0.645. The zero-order valence-electron chi connectivity index (χ0n) is 15.0. The predicted molar refractivity (Wildman–Crippen MR) is 72.5 cm³/mol. The van der Waals surface area contributed by atoms with Gasteiger partial charge in [0.15, 0.2) is 0 Å². The first-order valence-corrected chi connectivity index (χ1v) is 6.89. The Morgan fingerprint density at radius 1 is 1.37 bits per heavy atom. The molecule has 1 aromatic heterocycles. The smallest absolute Gasteiger partial charge is 0.0840 e. The van der Waals surface area contributed by atoms with Crippen molar-refractivity contribution in [3.8, 4) is 6.07 Å². The van der Waals surface area contributed by atoms with Crippen LogP contribution in [0.5, 0.6) is 0 Å². The van der Waals surface area contributed by atoms with Gasteiger partial charge in [-0.1, -0.05) is 18.9 Å². The quantitative estimate of drug-likeness (QED) is 0.819. The zero-order valence-corrected chi connectivity index (χ0v) is 11.0. The third-order valence-electron chi connectivity index (χ3n) is 4.55. The van der Waals surface area contributed by atoms with E-state index in [1.807, 2.05) is 0 Å². The average Bonchev–Trinajstić information content (AvgIpc) is 2.96. The third kappa shape index (κ3) is 2.26. The largest absolute Gasteiger partial charge is 0.375 e. The highest BCUT2D eigenvalue weighted by Crippen LogP contribution is 2.49. The fourth-order valence-corrected chi connectivity index (χ4v) is 3.63. The molecule has 1 spiro atoms. The lowest BCUT2D eigenvalue weighted by atomic mass is 9.68. The van der Waals surface area contributed by atoms with E-state index in [2.05, 4.69) is 11.1 Å². The molecule has 2 heterocycles. The number of nitrogens with zero attached hydrogens (tertiary/aromatic N) is 2. The summed E-state index contributed by atoms with van der Waals surface area (Å²) in [6.45, 7) is 0.506. The second-order valence-electron chi connectivity index (χ2n) is 5.73. The highest BCUT2D eigenvalue weighted by Gasteiger charge is 2.48. The molecule has 1 saturated carbocycles. The van der Waals surface area contributed by atoms with Crippen molar-refractivity contribution >= 4 is 0 Å². The SMILES string of the molecule is [2H]c1nc(C2(CC#N)CCOC3(CCCC3)C2)c([2H])c([2H])c1[2H]. The normalized spacial score (nSPS) is 32.2. The molecule has 3 rings (SSSR count). The molecule has 3 nitrogen and oxygen atoms in total. The molecule has 1 aliphatic heterocycles. The molecule has 1 aromatic rings. The van der Waals surface area contributed by atoms with Crippen LogP contribution in [-0.2, 0) is 10.2 Å². The first-order valence-electron chi connectivity index (χ1n) is 8.89. The molecule has 2 aliphatic rings. The van der Waals surface area contributed by atoms with Crippen LogP contribution in [0.1, 0.15) is 56.1 Å². The summed E-state index contributed by atoms with van der Waals surface area (Å²) in [5.41, 5.74) is -0.569. The summed E-state index contributed by atoms with van der Waals surface area (Å²) in [5, 5.41) is 9.35. The molecular weight excluding hydrogens is 236 g/mol. The van der Waals surface area contributed by atoms with Gasteiger partial charge in [-0.2, -0.15) is 5.26 Å². The summed E-state index contributed by atoms with van der Waals surface area (Å²) < 4.78 is 37.7. The van der Waals surface area contributed by atoms with Crippen LogP contribution in [0.4, 0.5) is 0 Å². The van der Waals surface area contributed by atoms with Gasteiger partial charge in [-0.15, -0.1) is 0 Å². The Bertz CT molecular complexity index is 667. The Balaban J connectivity index is 2.10. The van der Waals surface area contributed by atoms with Crippen LogP contribution < -0.4 is 0 Å². The summed E-state index contributed by atoms with van der Waals surface area (Å²) in [7, 11) is 0. The van der Waals surface area contributed by atoms with E-state index in [1.165, 1.54) is 0 Å². The summed E-state index contributed by atoms with van der Waals surface area (Å²) in [6.07, 6.45) is 5.20. The average molecular weight is 260 g/mol. The minimum Gasteiger partial charge on any atom is -0.375 e. The number of rotatable bonds is 2. The second-order valence-corrected chi connectivity index (χ2v) is 5.73. The Hall–Kier alpha value is -1.40. The fraction of sp³-hybridized carbons (Fsp3) is 0.625. The standard InChI is InChI=1S/C16H20N2O/c17-10-8-15(14-5-1-4-11-18-14)9-12-19-16(13-15)6-2-3-7-16/h1,4-5,11H,2-3,6-9,12-13H2/i1D,4D,5D,11D. The van der Waals surface area contributed by atoms with Crippen molar-refractivity contribution in [3.63, 3.8) is 0 Å². The topological polar surface area (TPSA) is 45.9 Å². The lowest BCUT2D eigenvalue weighted by molar-refractivity contribution is -0.102. The number of hydrogen-bond donors (Lipinski definition) is 0. The van der Waals surface area contributed by atoms with E-state index in [-0.39, 0.29) is 36.3 Å². The molecule has 0 N–H and O–H groups in total. The minimum absolute atomic E-state index is 0.115. The van der Waals surface area contributed by atoms with Gasteiger partial charge >= 0.3 is 0 Å². The van der Waals surface area contributed by atoms with E-state index in [4.69, 9.17) is 10.2 Å². The van der Waals surface area contributed by atoms with Gasteiger partial charge in [-0.05, 0) is 37.8 Å². The van der Waals surface area contributed by atoms with Gasteiger partial charge < -0.3 is 4.74 Å². The second kappa shape index (κ2) is 4.94. The molecule has 0 bridgehead atoms. The summed E-state index contributed by atoms with van der Waals surface area (Å²) >= 11 is 0. The van der Waals surface area contributed by atoms with Gasteiger partial charge in [0.2, 0.25) is 0 Å². The summed E-state index contributed by atoms with van der Waals surface area (Å²) in [5.74, 6) is 0. The van der Waals surface area contributed by atoms with Gasteiger partial charge in [0.05, 0.1) is 17.2 Å². The highest BCUT2D eigenvalue weighted by molar-refractivity contribution is 5.22. The number of aromatic nitrogens is 1. The predicted octanol–water partition coefficient (Wildman–Crippen LogP) is 3.36. The third-order valence-corrected chi connectivity index (χ3v) is 4.55. The van der Waals surface area contributed by atoms with Gasteiger partial charge in [-0.25, -0.2) is 0 Å². The van der Waals surface area contributed by atoms with Crippen molar-refractivity contribution in [1.29, 1.82) is 5.26 Å². The summed E-state index contributed by atoms with van der Waals surface area (Å²) in [6, 6.07) is 1.50. The van der Waals surface area contributed by atoms with Crippen molar-refractivity contribution in [3.05, 3.63) is 30.0 Å². The van der Waals surface area contributed by atoms with Crippen LogP contribution in [0.15, 0.2) is 24.3 Å². The maximum absolute atomic E-state index is 9.35. The Labute approximate surface area is 120 Å². The molecule has 1 aliphatic carbocycles. The van der Waals surface area contributed by atoms with E-state index in [0.717, 1.165) is 25.7 Å². The van der Waals surface area contributed by atoms with Crippen molar-refractivity contribution < 1.29 is 10.2 Å². The Morgan fingerprint density at radius 3 is 3.00 bits per heavy atom. The number of ether oxygens (including phenoxy) is 1. The molecule has 1 unspecified atom stereocenters. The molecule has 0 amide bonds. The first kappa shape index (κ1) is 8.71. The Morgan fingerprint density at radius 2 is 2.21 bits per heavy atom. The highest BCUT2D eigenvalue weighted by atomic mass is 16.5. The van der Waals surface area contributed by atoms with Crippen molar-refractivity contribution in [2.75, 3.05) is 6.61 Å². The van der Waals surface area contributed by atoms with Crippen LogP contribution in [0, 0.1) is 11.3 Å². The zero-order chi connectivity index (χ0) is 16.7. The van der Waals surface area contributed by atoms with Crippen molar-refractivity contribution in [1.82, 2.24) is 4.98 Å². The van der Waals surface area contributed by atoms with Crippen LogP contribution in [0.3, 0.4) is 0 Å². The molecule has 100 valence electrons. The monoisotopic (exact) mass is 260 g/mol. The molecule has 2 fully saturated rings. The molecular formula is C16H20N2O. The van der Waals surface area contributed by atoms with E-state index < -0.39 is 5.41 Å². The molecule has 1 saturated heterocycles. The van der Waals surface area contributed by atoms with Gasteiger partial charge in [0, 0.05) is 30.3 Å². The number of pyridine rings is 1. The number of hydrogen-bond acceptors (Lipinski definition) is 3. The van der Waals surface area contributed by atoms with E-state index in [9.17, 15) is 5.26 Å².